The Kier molecular flexibility index (Phi) is 6.74. The maximum atomic E-state index is 13.1. The molecule has 4 rings (SSSR count). The van der Waals surface area contributed by atoms with Crippen molar-refractivity contribution in [2.24, 2.45) is 11.8 Å². The Bertz CT molecular complexity index is 1370. The van der Waals surface area contributed by atoms with Gasteiger partial charge in [0.15, 0.2) is 0 Å². The first-order chi connectivity index (χ1) is 16.4. The number of nitrogens with zero attached hydrogens (tertiary/aromatic N) is 3. The molecular weight excluding hydrogens is 481 g/mol. The van der Waals surface area contributed by atoms with Gasteiger partial charge in [0, 0.05) is 31.1 Å². The molecule has 2 atom stereocenters. The number of rotatable bonds is 5. The number of hydrogen-bond acceptors (Lipinski definition) is 4. The first kappa shape index (κ1) is 24.9. The lowest BCUT2D eigenvalue weighted by atomic mass is 9.94. The number of carbonyl (C=O) groups is 1. The Morgan fingerprint density at radius 1 is 1.11 bits per heavy atom. The van der Waals surface area contributed by atoms with E-state index in [1.54, 1.807) is 0 Å². The van der Waals surface area contributed by atoms with Crippen LogP contribution in [-0.4, -0.2) is 41.3 Å². The number of benzene rings is 2. The summed E-state index contributed by atoms with van der Waals surface area (Å²) in [6, 6.07) is 9.05. The first-order valence-corrected chi connectivity index (χ1v) is 12.5. The van der Waals surface area contributed by atoms with Crippen molar-refractivity contribution in [1.29, 1.82) is 0 Å². The molecule has 1 aromatic heterocycles. The van der Waals surface area contributed by atoms with Crippen LogP contribution in [-0.2, 0) is 16.2 Å². The molecule has 186 valence electrons. The minimum absolute atomic E-state index is 0.0523. The highest BCUT2D eigenvalue weighted by Crippen LogP contribution is 2.31. The number of nitrogens with one attached hydrogen (secondary N) is 1. The molecule has 7 nitrogen and oxygen atoms in total. The molecule has 0 radical (unpaired) electrons. The van der Waals surface area contributed by atoms with E-state index in [4.69, 9.17) is 0 Å². The summed E-state index contributed by atoms with van der Waals surface area (Å²) >= 11 is 0. The molecule has 1 saturated heterocycles. The van der Waals surface area contributed by atoms with Crippen LogP contribution in [0, 0.1) is 11.8 Å². The molecule has 11 heteroatoms. The van der Waals surface area contributed by atoms with Gasteiger partial charge in [-0.05, 0) is 54.7 Å². The van der Waals surface area contributed by atoms with Gasteiger partial charge in [0.05, 0.1) is 27.8 Å². The van der Waals surface area contributed by atoms with Crippen molar-refractivity contribution in [2.45, 2.75) is 31.3 Å². The number of carbonyl (C=O) groups excluding carboxylic acids is 1. The average Bonchev–Trinajstić information content (AvgIpc) is 3.20. The molecule has 2 unspecified atom stereocenters. The molecule has 0 saturated carbocycles. The van der Waals surface area contributed by atoms with Gasteiger partial charge in [0.1, 0.15) is 0 Å². The highest BCUT2D eigenvalue weighted by atomic mass is 32.2. The predicted molar refractivity (Wildman–Crippen MR) is 126 cm³/mol. The van der Waals surface area contributed by atoms with Crippen molar-refractivity contribution >= 4 is 33.2 Å². The van der Waals surface area contributed by atoms with Gasteiger partial charge in [-0.2, -0.15) is 17.5 Å². The molecule has 35 heavy (non-hydrogen) atoms. The number of halogens is 3. The van der Waals surface area contributed by atoms with Crippen LogP contribution in [0.3, 0.4) is 0 Å². The number of alkyl halides is 3. The summed E-state index contributed by atoms with van der Waals surface area (Å²) in [7, 11) is -3.74. The van der Waals surface area contributed by atoms with Crippen molar-refractivity contribution in [3.8, 4) is 0 Å². The molecule has 2 aromatic carbocycles. The van der Waals surface area contributed by atoms with E-state index in [-0.39, 0.29) is 27.8 Å². The fraction of sp³-hybridized carbons (Fsp3) is 0.333. The normalized spacial score (nSPS) is 19.9. The first-order valence-electron chi connectivity index (χ1n) is 11.1. The van der Waals surface area contributed by atoms with E-state index in [0.29, 0.717) is 18.6 Å². The highest BCUT2D eigenvalue weighted by Gasteiger charge is 2.32. The summed E-state index contributed by atoms with van der Waals surface area (Å²) in [4.78, 5) is 16.7. The number of imidazole rings is 1. The molecule has 1 fully saturated rings. The van der Waals surface area contributed by atoms with Crippen LogP contribution in [0.1, 0.15) is 36.2 Å². The summed E-state index contributed by atoms with van der Waals surface area (Å²) in [5.41, 5.74) is -0.0355. The van der Waals surface area contributed by atoms with Gasteiger partial charge < -0.3 is 9.88 Å². The van der Waals surface area contributed by atoms with Crippen molar-refractivity contribution in [3.05, 3.63) is 66.1 Å². The molecule has 0 bridgehead atoms. The lowest BCUT2D eigenvalue weighted by Gasteiger charge is -2.34. The summed E-state index contributed by atoms with van der Waals surface area (Å²) in [5, 5.41) is 2.55. The van der Waals surface area contributed by atoms with Gasteiger partial charge >= 0.3 is 6.18 Å². The third-order valence-corrected chi connectivity index (χ3v) is 7.75. The number of amides is 1. The number of hydrogen-bond donors (Lipinski definition) is 1. The zero-order valence-electron chi connectivity index (χ0n) is 19.2. The zero-order chi connectivity index (χ0) is 25.4. The molecule has 2 heterocycles. The minimum atomic E-state index is -4.46. The lowest BCUT2D eigenvalue weighted by molar-refractivity contribution is -0.137. The fourth-order valence-corrected chi connectivity index (χ4v) is 6.08. The molecule has 3 aromatic rings. The Hall–Kier alpha value is -3.18. The van der Waals surface area contributed by atoms with Crippen LogP contribution in [0.15, 0.2) is 59.9 Å². The molecule has 1 N–H and O–H groups in total. The highest BCUT2D eigenvalue weighted by molar-refractivity contribution is 7.89. The average molecular weight is 507 g/mol. The molecule has 1 aliphatic rings. The van der Waals surface area contributed by atoms with Gasteiger partial charge in [-0.3, -0.25) is 4.79 Å². The molecule has 0 spiro atoms. The van der Waals surface area contributed by atoms with Gasteiger partial charge in [0.2, 0.25) is 10.0 Å². The second kappa shape index (κ2) is 9.46. The van der Waals surface area contributed by atoms with Crippen LogP contribution in [0.5, 0.6) is 0 Å². The third-order valence-electron chi connectivity index (χ3n) is 5.92. The standard InChI is InChI=1S/C24H25F3N4O3S/c1-16-10-17(2)14-31(13-16)35(33,34)20-5-3-4-18(11-20)23(32)28-8-9-30-15-29-21-12-19(24(25,26)27)6-7-22(21)30/h3-9,11-12,15-17H,10,13-14H2,1-2H3,(H,28,32). The Morgan fingerprint density at radius 2 is 1.83 bits per heavy atom. The van der Waals surface area contributed by atoms with Crippen LogP contribution in [0.25, 0.3) is 17.2 Å². The van der Waals surface area contributed by atoms with E-state index in [1.165, 1.54) is 57.9 Å². The zero-order valence-corrected chi connectivity index (χ0v) is 20.0. The smallest absolute Gasteiger partial charge is 0.327 e. The van der Waals surface area contributed by atoms with E-state index >= 15 is 0 Å². The maximum Gasteiger partial charge on any atom is 0.416 e. The van der Waals surface area contributed by atoms with E-state index in [0.717, 1.165) is 18.6 Å². The molecular formula is C24H25F3N4O3S. The van der Waals surface area contributed by atoms with Gasteiger partial charge in [-0.25, -0.2) is 13.4 Å². The second-order valence-electron chi connectivity index (χ2n) is 8.94. The van der Waals surface area contributed by atoms with Crippen LogP contribution in [0.2, 0.25) is 0 Å². The summed E-state index contributed by atoms with van der Waals surface area (Å²) in [5.74, 6) is -0.0173. The van der Waals surface area contributed by atoms with Gasteiger partial charge in [-0.15, -0.1) is 0 Å². The Balaban J connectivity index is 1.48. The molecule has 1 aliphatic heterocycles. The maximum absolute atomic E-state index is 13.1. The van der Waals surface area contributed by atoms with Gasteiger partial charge in [-0.1, -0.05) is 19.9 Å². The Labute approximate surface area is 201 Å². The van der Waals surface area contributed by atoms with Crippen LogP contribution >= 0.6 is 0 Å². The van der Waals surface area contributed by atoms with Crippen LogP contribution in [0.4, 0.5) is 13.2 Å². The summed E-state index contributed by atoms with van der Waals surface area (Å²) in [6.45, 7) is 4.92. The topological polar surface area (TPSA) is 84.3 Å². The lowest BCUT2D eigenvalue weighted by Crippen LogP contribution is -2.42. The predicted octanol–water partition coefficient (Wildman–Crippen LogP) is 4.58. The number of aromatic nitrogens is 2. The number of fused-ring (bicyclic) bond motifs is 1. The number of piperidine rings is 1. The Morgan fingerprint density at radius 3 is 2.51 bits per heavy atom. The van der Waals surface area contributed by atoms with Crippen molar-refractivity contribution < 1.29 is 26.4 Å². The quantitative estimate of drug-likeness (QED) is 0.549. The fourth-order valence-electron chi connectivity index (χ4n) is 4.35. The van der Waals surface area contributed by atoms with E-state index < -0.39 is 27.7 Å². The number of sulfonamides is 1. The van der Waals surface area contributed by atoms with E-state index in [9.17, 15) is 26.4 Å². The minimum Gasteiger partial charge on any atom is -0.327 e. The third kappa shape index (κ3) is 5.40. The van der Waals surface area contributed by atoms with Gasteiger partial charge in [0.25, 0.3) is 5.91 Å². The second-order valence-corrected chi connectivity index (χ2v) is 10.9. The van der Waals surface area contributed by atoms with Crippen LogP contribution < -0.4 is 5.32 Å². The van der Waals surface area contributed by atoms with Crippen molar-refractivity contribution in [1.82, 2.24) is 19.2 Å². The monoisotopic (exact) mass is 506 g/mol. The van der Waals surface area contributed by atoms with Crippen molar-refractivity contribution in [3.63, 3.8) is 0 Å². The van der Waals surface area contributed by atoms with Crippen molar-refractivity contribution in [2.75, 3.05) is 13.1 Å². The molecule has 0 aliphatic carbocycles. The largest absolute Gasteiger partial charge is 0.416 e. The molecule has 1 amide bonds. The summed E-state index contributed by atoms with van der Waals surface area (Å²) < 4.78 is 67.8. The SMILES string of the molecule is CC1CC(C)CN(S(=O)(=O)c2cccc(C(=O)NC=Cn3cnc4cc(C(F)(F)F)ccc43)c2)C1. The van der Waals surface area contributed by atoms with E-state index in [2.05, 4.69) is 10.3 Å². The summed E-state index contributed by atoms with van der Waals surface area (Å²) in [6.07, 6.45) is 0.597. The van der Waals surface area contributed by atoms with E-state index in [1.807, 2.05) is 13.8 Å².